The number of aromatic nitrogens is 1. The monoisotopic (exact) mass is 250 g/mol. The number of aliphatic hydroxyl groups is 1. The van der Waals surface area contributed by atoms with Crippen LogP contribution in [-0.2, 0) is 6.54 Å². The first-order valence-corrected chi connectivity index (χ1v) is 6.37. The predicted octanol–water partition coefficient (Wildman–Crippen LogP) is 1.66. The number of hydrogen-bond donors (Lipinski definition) is 1. The molecule has 1 saturated heterocycles. The quantitative estimate of drug-likeness (QED) is 0.886. The molecule has 1 aliphatic rings. The van der Waals surface area contributed by atoms with Crippen molar-refractivity contribution in [3.8, 4) is 5.75 Å². The summed E-state index contributed by atoms with van der Waals surface area (Å²) in [6.45, 7) is 8.35. The van der Waals surface area contributed by atoms with E-state index < -0.39 is 5.60 Å². The highest BCUT2D eigenvalue weighted by atomic mass is 16.5. The van der Waals surface area contributed by atoms with Crippen molar-refractivity contribution in [3.63, 3.8) is 0 Å². The van der Waals surface area contributed by atoms with Crippen LogP contribution in [0.5, 0.6) is 5.75 Å². The number of likely N-dealkylation sites (tertiary alicyclic amines) is 1. The van der Waals surface area contributed by atoms with Gasteiger partial charge in [0.15, 0.2) is 0 Å². The van der Waals surface area contributed by atoms with E-state index in [1.54, 1.807) is 7.11 Å². The fourth-order valence-corrected chi connectivity index (χ4v) is 2.62. The molecular weight excluding hydrogens is 228 g/mol. The van der Waals surface area contributed by atoms with E-state index in [-0.39, 0.29) is 0 Å². The number of aryl methyl sites for hydroxylation is 1. The van der Waals surface area contributed by atoms with Crippen LogP contribution in [0.25, 0.3) is 0 Å². The molecule has 0 radical (unpaired) electrons. The first kappa shape index (κ1) is 13.3. The molecule has 1 atom stereocenters. The summed E-state index contributed by atoms with van der Waals surface area (Å²) in [6.07, 6.45) is 2.68. The third-order valence-electron chi connectivity index (χ3n) is 3.65. The molecule has 100 valence electrons. The molecule has 0 aliphatic carbocycles. The van der Waals surface area contributed by atoms with Crippen LogP contribution in [0, 0.1) is 13.8 Å². The predicted molar refractivity (Wildman–Crippen MR) is 70.8 cm³/mol. The van der Waals surface area contributed by atoms with E-state index in [1.165, 1.54) is 0 Å². The molecule has 1 unspecified atom stereocenters. The Balaban J connectivity index is 2.15. The molecule has 0 aromatic carbocycles. The van der Waals surface area contributed by atoms with Crippen LogP contribution < -0.4 is 4.74 Å². The van der Waals surface area contributed by atoms with Crippen molar-refractivity contribution in [2.75, 3.05) is 20.2 Å². The number of rotatable bonds is 3. The average molecular weight is 250 g/mol. The highest BCUT2D eigenvalue weighted by Crippen LogP contribution is 2.27. The second kappa shape index (κ2) is 4.86. The molecule has 0 bridgehead atoms. The number of β-amino-alcohol motifs (C(OH)–C–C–N with tert-alkyl or cyclic N) is 1. The van der Waals surface area contributed by atoms with Crippen LogP contribution in [0.1, 0.15) is 30.2 Å². The molecule has 1 fully saturated rings. The zero-order valence-corrected chi connectivity index (χ0v) is 11.7. The summed E-state index contributed by atoms with van der Waals surface area (Å²) < 4.78 is 5.41. The molecule has 0 spiro atoms. The molecule has 4 nitrogen and oxygen atoms in total. The van der Waals surface area contributed by atoms with Crippen LogP contribution in [0.15, 0.2) is 6.20 Å². The second-order valence-electron chi connectivity index (χ2n) is 5.50. The van der Waals surface area contributed by atoms with Gasteiger partial charge in [0.05, 0.1) is 18.4 Å². The summed E-state index contributed by atoms with van der Waals surface area (Å²) in [5, 5.41) is 9.97. The molecule has 1 aromatic rings. The SMILES string of the molecule is COc1c(C)cnc(CN2CCC(C)(O)C2)c1C. The summed E-state index contributed by atoms with van der Waals surface area (Å²) in [4.78, 5) is 6.73. The van der Waals surface area contributed by atoms with Gasteiger partial charge < -0.3 is 9.84 Å². The van der Waals surface area contributed by atoms with Crippen LogP contribution in [0.2, 0.25) is 0 Å². The van der Waals surface area contributed by atoms with Gasteiger partial charge in [0.2, 0.25) is 0 Å². The second-order valence-corrected chi connectivity index (χ2v) is 5.50. The Morgan fingerprint density at radius 3 is 2.78 bits per heavy atom. The minimum absolute atomic E-state index is 0.553. The van der Waals surface area contributed by atoms with Crippen molar-refractivity contribution in [2.45, 2.75) is 39.3 Å². The smallest absolute Gasteiger partial charge is 0.128 e. The molecular formula is C14H22N2O2. The Morgan fingerprint density at radius 2 is 2.22 bits per heavy atom. The third kappa shape index (κ3) is 2.65. The van der Waals surface area contributed by atoms with Crippen molar-refractivity contribution in [3.05, 3.63) is 23.0 Å². The first-order valence-electron chi connectivity index (χ1n) is 6.37. The van der Waals surface area contributed by atoms with Gasteiger partial charge in [-0.15, -0.1) is 0 Å². The van der Waals surface area contributed by atoms with Crippen molar-refractivity contribution < 1.29 is 9.84 Å². The lowest BCUT2D eigenvalue weighted by Gasteiger charge is -2.20. The molecule has 18 heavy (non-hydrogen) atoms. The Hall–Kier alpha value is -1.13. The largest absolute Gasteiger partial charge is 0.496 e. The van der Waals surface area contributed by atoms with E-state index in [1.807, 2.05) is 27.0 Å². The fourth-order valence-electron chi connectivity index (χ4n) is 2.62. The number of pyridine rings is 1. The summed E-state index contributed by atoms with van der Waals surface area (Å²) in [7, 11) is 1.69. The number of ether oxygens (including phenoxy) is 1. The maximum atomic E-state index is 9.97. The average Bonchev–Trinajstić information content (AvgIpc) is 2.63. The lowest BCUT2D eigenvalue weighted by atomic mass is 10.1. The van der Waals surface area contributed by atoms with Gasteiger partial charge in [-0.05, 0) is 27.2 Å². The van der Waals surface area contributed by atoms with E-state index in [9.17, 15) is 5.11 Å². The van der Waals surface area contributed by atoms with Gasteiger partial charge in [-0.2, -0.15) is 0 Å². The summed E-state index contributed by atoms with van der Waals surface area (Å²) >= 11 is 0. The minimum Gasteiger partial charge on any atom is -0.496 e. The van der Waals surface area contributed by atoms with Gasteiger partial charge in [-0.3, -0.25) is 9.88 Å². The molecule has 0 amide bonds. The van der Waals surface area contributed by atoms with E-state index in [4.69, 9.17) is 4.74 Å². The standard InChI is InChI=1S/C14H22N2O2/c1-10-7-15-12(11(2)13(10)18-4)8-16-6-5-14(3,17)9-16/h7,17H,5-6,8-9H2,1-4H3. The third-order valence-corrected chi connectivity index (χ3v) is 3.65. The molecule has 2 heterocycles. The normalized spacial score (nSPS) is 24.5. The zero-order valence-electron chi connectivity index (χ0n) is 11.7. The van der Waals surface area contributed by atoms with Crippen LogP contribution in [-0.4, -0.2) is 40.8 Å². The van der Waals surface area contributed by atoms with Crippen molar-refractivity contribution in [2.24, 2.45) is 0 Å². The molecule has 1 aromatic heterocycles. The van der Waals surface area contributed by atoms with E-state index >= 15 is 0 Å². The number of nitrogens with zero attached hydrogens (tertiary/aromatic N) is 2. The summed E-state index contributed by atoms with van der Waals surface area (Å²) in [5.41, 5.74) is 2.65. The topological polar surface area (TPSA) is 45.6 Å². The maximum absolute atomic E-state index is 9.97. The first-order chi connectivity index (χ1) is 8.43. The van der Waals surface area contributed by atoms with Crippen LogP contribution >= 0.6 is 0 Å². The molecule has 1 N–H and O–H groups in total. The zero-order chi connectivity index (χ0) is 13.3. The Labute approximate surface area is 109 Å². The summed E-state index contributed by atoms with van der Waals surface area (Å²) in [5.74, 6) is 0.922. The minimum atomic E-state index is -0.553. The molecule has 4 heteroatoms. The highest BCUT2D eigenvalue weighted by molar-refractivity contribution is 5.41. The van der Waals surface area contributed by atoms with Gasteiger partial charge in [0.1, 0.15) is 5.75 Å². The van der Waals surface area contributed by atoms with Crippen molar-refractivity contribution >= 4 is 0 Å². The van der Waals surface area contributed by atoms with Crippen LogP contribution in [0.4, 0.5) is 0 Å². The van der Waals surface area contributed by atoms with E-state index in [0.717, 1.165) is 42.1 Å². The van der Waals surface area contributed by atoms with Crippen molar-refractivity contribution in [1.29, 1.82) is 0 Å². The molecule has 2 rings (SSSR count). The van der Waals surface area contributed by atoms with Gasteiger partial charge >= 0.3 is 0 Å². The molecule has 0 saturated carbocycles. The fraction of sp³-hybridized carbons (Fsp3) is 0.643. The van der Waals surface area contributed by atoms with E-state index in [0.29, 0.717) is 6.54 Å². The highest BCUT2D eigenvalue weighted by Gasteiger charge is 2.31. The van der Waals surface area contributed by atoms with Crippen molar-refractivity contribution in [1.82, 2.24) is 9.88 Å². The number of hydrogen-bond acceptors (Lipinski definition) is 4. The lowest BCUT2D eigenvalue weighted by Crippen LogP contribution is -2.29. The van der Waals surface area contributed by atoms with Gasteiger partial charge in [0, 0.05) is 37.0 Å². The van der Waals surface area contributed by atoms with Gasteiger partial charge in [-0.25, -0.2) is 0 Å². The number of methoxy groups -OCH3 is 1. The van der Waals surface area contributed by atoms with Gasteiger partial charge in [0.25, 0.3) is 0 Å². The Morgan fingerprint density at radius 1 is 1.50 bits per heavy atom. The van der Waals surface area contributed by atoms with E-state index in [2.05, 4.69) is 9.88 Å². The molecule has 1 aliphatic heterocycles. The Kier molecular flexibility index (Phi) is 3.59. The summed E-state index contributed by atoms with van der Waals surface area (Å²) in [6, 6.07) is 0. The lowest BCUT2D eigenvalue weighted by molar-refractivity contribution is 0.0677. The van der Waals surface area contributed by atoms with Gasteiger partial charge in [-0.1, -0.05) is 0 Å². The Bertz CT molecular complexity index is 444. The maximum Gasteiger partial charge on any atom is 0.128 e. The van der Waals surface area contributed by atoms with Crippen LogP contribution in [0.3, 0.4) is 0 Å².